The Labute approximate surface area is 120 Å². The average molecular weight is 343 g/mol. The number of carboxylic acid groups (broad SMARTS) is 1. The van der Waals surface area contributed by atoms with Gasteiger partial charge in [0.15, 0.2) is 5.69 Å². The number of carbonyl (C=O) groups is 2. The third-order valence-corrected chi connectivity index (χ3v) is 2.87. The van der Waals surface area contributed by atoms with Crippen LogP contribution in [0.1, 0.15) is 10.5 Å². The number of anilines is 1. The number of rotatable bonds is 4. The predicted octanol–water partition coefficient (Wildman–Crippen LogP) is 1.52. The molecule has 1 aromatic heterocycles. The number of amides is 1. The van der Waals surface area contributed by atoms with E-state index in [1.807, 2.05) is 0 Å². The minimum absolute atomic E-state index is 0.199. The van der Waals surface area contributed by atoms with Gasteiger partial charge in [0.25, 0.3) is 0 Å². The van der Waals surface area contributed by atoms with Gasteiger partial charge in [-0.1, -0.05) is 5.21 Å². The van der Waals surface area contributed by atoms with Crippen LogP contribution >= 0.6 is 15.9 Å². The Bertz CT molecular complexity index is 673. The first-order chi connectivity index (χ1) is 9.45. The molecule has 2 rings (SSSR count). The van der Waals surface area contributed by atoms with Crippen molar-refractivity contribution in [1.82, 2.24) is 15.0 Å². The maximum Gasteiger partial charge on any atom is 0.358 e. The summed E-state index contributed by atoms with van der Waals surface area (Å²) in [6.45, 7) is -0.199. The Kier molecular flexibility index (Phi) is 4.08. The van der Waals surface area contributed by atoms with Gasteiger partial charge in [-0.05, 0) is 34.1 Å². The highest BCUT2D eigenvalue weighted by Crippen LogP contribution is 2.19. The highest BCUT2D eigenvalue weighted by atomic mass is 79.9. The summed E-state index contributed by atoms with van der Waals surface area (Å²) in [6.07, 6.45) is 1.14. The predicted molar refractivity (Wildman–Crippen MR) is 69.7 cm³/mol. The molecule has 1 heterocycles. The number of carbonyl (C=O) groups excluding carboxylic acids is 1. The maximum absolute atomic E-state index is 13.0. The van der Waals surface area contributed by atoms with Gasteiger partial charge in [-0.15, -0.1) is 5.10 Å². The molecule has 0 unspecified atom stereocenters. The first kappa shape index (κ1) is 14.1. The van der Waals surface area contributed by atoms with Gasteiger partial charge in [-0.2, -0.15) is 0 Å². The fourth-order valence-electron chi connectivity index (χ4n) is 1.40. The van der Waals surface area contributed by atoms with Crippen molar-refractivity contribution < 1.29 is 19.1 Å². The number of hydrogen-bond donors (Lipinski definition) is 2. The van der Waals surface area contributed by atoms with Gasteiger partial charge in [0.2, 0.25) is 5.91 Å². The van der Waals surface area contributed by atoms with E-state index in [0.29, 0.717) is 5.69 Å². The maximum atomic E-state index is 13.0. The molecular formula is C11H8BrFN4O3. The normalized spacial score (nSPS) is 10.3. The molecule has 0 bridgehead atoms. The molecule has 20 heavy (non-hydrogen) atoms. The second-order valence-electron chi connectivity index (χ2n) is 3.78. The van der Waals surface area contributed by atoms with Crippen molar-refractivity contribution in [3.8, 4) is 0 Å². The molecule has 1 amide bonds. The Morgan fingerprint density at radius 2 is 2.20 bits per heavy atom. The zero-order valence-electron chi connectivity index (χ0n) is 9.88. The lowest BCUT2D eigenvalue weighted by Crippen LogP contribution is -2.19. The van der Waals surface area contributed by atoms with Crippen LogP contribution in [0.25, 0.3) is 0 Å². The average Bonchev–Trinajstić information content (AvgIpc) is 2.82. The molecule has 0 aliphatic heterocycles. The van der Waals surface area contributed by atoms with Crippen LogP contribution in [0.5, 0.6) is 0 Å². The number of carboxylic acids is 1. The number of aromatic carboxylic acids is 1. The largest absolute Gasteiger partial charge is 0.476 e. The number of nitrogens with zero attached hydrogens (tertiary/aromatic N) is 3. The highest BCUT2D eigenvalue weighted by molar-refractivity contribution is 9.10. The Hall–Kier alpha value is -2.29. The Balaban J connectivity index is 2.01. The first-order valence-corrected chi connectivity index (χ1v) is 6.13. The van der Waals surface area contributed by atoms with Crippen LogP contribution in [-0.4, -0.2) is 32.0 Å². The van der Waals surface area contributed by atoms with Crippen LogP contribution in [-0.2, 0) is 11.3 Å². The summed E-state index contributed by atoms with van der Waals surface area (Å²) in [5.74, 6) is -2.10. The lowest BCUT2D eigenvalue weighted by Gasteiger charge is -2.05. The zero-order chi connectivity index (χ0) is 14.7. The van der Waals surface area contributed by atoms with Crippen LogP contribution in [0.15, 0.2) is 28.9 Å². The molecule has 7 nitrogen and oxygen atoms in total. The topological polar surface area (TPSA) is 97.1 Å². The van der Waals surface area contributed by atoms with E-state index >= 15 is 0 Å². The minimum Gasteiger partial charge on any atom is -0.476 e. The monoisotopic (exact) mass is 342 g/mol. The third kappa shape index (κ3) is 3.38. The number of benzene rings is 1. The molecule has 0 aliphatic carbocycles. The van der Waals surface area contributed by atoms with Gasteiger partial charge in [-0.25, -0.2) is 13.9 Å². The second-order valence-corrected chi connectivity index (χ2v) is 4.64. The van der Waals surface area contributed by atoms with Crippen molar-refractivity contribution in [2.75, 3.05) is 5.32 Å². The van der Waals surface area contributed by atoms with Crippen LogP contribution < -0.4 is 5.32 Å². The van der Waals surface area contributed by atoms with Gasteiger partial charge in [0.05, 0.1) is 10.7 Å². The summed E-state index contributed by atoms with van der Waals surface area (Å²) < 4.78 is 14.3. The molecule has 104 valence electrons. The standard InChI is InChI=1S/C11H8BrFN4O3/c12-7-3-6(1-2-8(7)13)14-10(18)5-17-4-9(11(19)20)15-16-17/h1-4H,5H2,(H,14,18)(H,19,20). The summed E-state index contributed by atoms with van der Waals surface area (Å²) in [7, 11) is 0. The molecular weight excluding hydrogens is 335 g/mol. The Morgan fingerprint density at radius 1 is 1.45 bits per heavy atom. The molecule has 9 heteroatoms. The van der Waals surface area contributed by atoms with Crippen molar-refractivity contribution in [1.29, 1.82) is 0 Å². The third-order valence-electron chi connectivity index (χ3n) is 2.27. The molecule has 0 fully saturated rings. The number of halogens is 2. The second kappa shape index (κ2) is 5.78. The van der Waals surface area contributed by atoms with Crippen molar-refractivity contribution >= 4 is 33.5 Å². The van der Waals surface area contributed by atoms with E-state index in [2.05, 4.69) is 31.6 Å². The molecule has 0 saturated heterocycles. The number of aromatic nitrogens is 3. The van der Waals surface area contributed by atoms with Crippen molar-refractivity contribution in [3.05, 3.63) is 40.4 Å². The number of hydrogen-bond acceptors (Lipinski definition) is 4. The lowest BCUT2D eigenvalue weighted by molar-refractivity contribution is -0.116. The fraction of sp³-hybridized carbons (Fsp3) is 0.0909. The number of nitrogens with one attached hydrogen (secondary N) is 1. The summed E-state index contributed by atoms with van der Waals surface area (Å²) in [5, 5.41) is 18.1. The molecule has 0 spiro atoms. The SMILES string of the molecule is O=C(Cn1cc(C(=O)O)nn1)Nc1ccc(F)c(Br)c1. The fourth-order valence-corrected chi connectivity index (χ4v) is 1.77. The molecule has 0 atom stereocenters. The summed E-state index contributed by atoms with van der Waals surface area (Å²) in [4.78, 5) is 22.3. The van der Waals surface area contributed by atoms with E-state index in [1.165, 1.54) is 18.2 Å². The highest BCUT2D eigenvalue weighted by Gasteiger charge is 2.11. The van der Waals surface area contributed by atoms with E-state index in [1.54, 1.807) is 0 Å². The Morgan fingerprint density at radius 3 is 2.80 bits per heavy atom. The summed E-state index contributed by atoms with van der Waals surface area (Å²) in [5.41, 5.74) is 0.157. The van der Waals surface area contributed by atoms with Crippen LogP contribution in [0.4, 0.5) is 10.1 Å². The van der Waals surface area contributed by atoms with Crippen LogP contribution in [0.3, 0.4) is 0 Å². The van der Waals surface area contributed by atoms with Crippen molar-refractivity contribution in [2.45, 2.75) is 6.54 Å². The lowest BCUT2D eigenvalue weighted by atomic mass is 10.3. The molecule has 0 radical (unpaired) electrons. The van der Waals surface area contributed by atoms with Crippen molar-refractivity contribution in [3.63, 3.8) is 0 Å². The van der Waals surface area contributed by atoms with Crippen LogP contribution in [0, 0.1) is 5.82 Å². The van der Waals surface area contributed by atoms with E-state index < -0.39 is 17.7 Å². The van der Waals surface area contributed by atoms with Gasteiger partial charge in [0, 0.05) is 5.69 Å². The molecule has 1 aromatic carbocycles. The van der Waals surface area contributed by atoms with Gasteiger partial charge in [-0.3, -0.25) is 4.79 Å². The molecule has 2 N–H and O–H groups in total. The summed E-state index contributed by atoms with van der Waals surface area (Å²) in [6, 6.07) is 4.02. The van der Waals surface area contributed by atoms with E-state index in [0.717, 1.165) is 10.9 Å². The summed E-state index contributed by atoms with van der Waals surface area (Å²) >= 11 is 3.00. The van der Waals surface area contributed by atoms with Gasteiger partial charge in [0.1, 0.15) is 12.4 Å². The minimum atomic E-state index is -1.22. The molecule has 0 aliphatic rings. The molecule has 0 saturated carbocycles. The van der Waals surface area contributed by atoms with E-state index in [9.17, 15) is 14.0 Å². The molecule has 2 aromatic rings. The zero-order valence-corrected chi connectivity index (χ0v) is 11.5. The van der Waals surface area contributed by atoms with E-state index in [4.69, 9.17) is 5.11 Å². The quantitative estimate of drug-likeness (QED) is 0.877. The van der Waals surface area contributed by atoms with E-state index in [-0.39, 0.29) is 16.7 Å². The van der Waals surface area contributed by atoms with Gasteiger partial charge < -0.3 is 10.4 Å². The smallest absolute Gasteiger partial charge is 0.358 e. The van der Waals surface area contributed by atoms with Crippen molar-refractivity contribution in [2.24, 2.45) is 0 Å². The van der Waals surface area contributed by atoms with Crippen LogP contribution in [0.2, 0.25) is 0 Å². The first-order valence-electron chi connectivity index (χ1n) is 5.34. The van der Waals surface area contributed by atoms with Gasteiger partial charge >= 0.3 is 5.97 Å².